The Labute approximate surface area is 111 Å². The predicted molar refractivity (Wildman–Crippen MR) is 71.4 cm³/mol. The minimum atomic E-state index is -1.01. The van der Waals surface area contributed by atoms with Crippen molar-refractivity contribution in [3.63, 3.8) is 0 Å². The second kappa shape index (κ2) is 5.03. The van der Waals surface area contributed by atoms with Crippen molar-refractivity contribution in [2.45, 2.75) is 33.2 Å². The minimum absolute atomic E-state index is 0.0709. The van der Waals surface area contributed by atoms with E-state index in [4.69, 9.17) is 5.11 Å². The SMILES string of the molecule is CC(C)(Cn1ncc(N2CCCC2)cc1=O)C(=O)O. The van der Waals surface area contributed by atoms with Crippen molar-refractivity contribution in [1.29, 1.82) is 0 Å². The summed E-state index contributed by atoms with van der Waals surface area (Å²) in [5.74, 6) is -0.940. The Bertz CT molecular complexity index is 530. The van der Waals surface area contributed by atoms with Crippen molar-refractivity contribution < 1.29 is 9.90 Å². The number of carboxylic acid groups (broad SMARTS) is 1. The molecule has 104 valence electrons. The first-order valence-electron chi connectivity index (χ1n) is 6.46. The van der Waals surface area contributed by atoms with Gasteiger partial charge in [0.15, 0.2) is 0 Å². The van der Waals surface area contributed by atoms with Gasteiger partial charge in [-0.25, -0.2) is 4.68 Å². The summed E-state index contributed by atoms with van der Waals surface area (Å²) in [6.07, 6.45) is 3.91. The summed E-state index contributed by atoms with van der Waals surface area (Å²) in [4.78, 5) is 25.2. The van der Waals surface area contributed by atoms with Crippen molar-refractivity contribution in [1.82, 2.24) is 9.78 Å². The Hall–Kier alpha value is -1.85. The van der Waals surface area contributed by atoms with Crippen LogP contribution in [0.3, 0.4) is 0 Å². The van der Waals surface area contributed by atoms with E-state index in [0.29, 0.717) is 0 Å². The molecule has 1 N–H and O–H groups in total. The van der Waals surface area contributed by atoms with Crippen LogP contribution in [-0.4, -0.2) is 33.9 Å². The fourth-order valence-corrected chi connectivity index (χ4v) is 2.13. The van der Waals surface area contributed by atoms with Crippen LogP contribution in [0.25, 0.3) is 0 Å². The fraction of sp³-hybridized carbons (Fsp3) is 0.615. The maximum absolute atomic E-state index is 12.0. The molecule has 2 rings (SSSR count). The third-order valence-corrected chi connectivity index (χ3v) is 3.45. The molecule has 0 amide bonds. The number of carboxylic acids is 1. The summed E-state index contributed by atoms with van der Waals surface area (Å²) < 4.78 is 1.22. The lowest BCUT2D eigenvalue weighted by molar-refractivity contribution is -0.147. The van der Waals surface area contributed by atoms with E-state index >= 15 is 0 Å². The molecule has 19 heavy (non-hydrogen) atoms. The molecule has 1 aliphatic rings. The maximum atomic E-state index is 12.0. The second-order valence-electron chi connectivity index (χ2n) is 5.59. The van der Waals surface area contributed by atoms with Gasteiger partial charge in [0.2, 0.25) is 0 Å². The van der Waals surface area contributed by atoms with Crippen LogP contribution < -0.4 is 10.5 Å². The molecule has 1 saturated heterocycles. The van der Waals surface area contributed by atoms with E-state index < -0.39 is 11.4 Å². The Morgan fingerprint density at radius 2 is 2.05 bits per heavy atom. The molecule has 0 saturated carbocycles. The number of aromatic nitrogens is 2. The number of anilines is 1. The lowest BCUT2D eigenvalue weighted by atomic mass is 9.94. The molecule has 0 bridgehead atoms. The molecule has 1 aliphatic heterocycles. The normalized spacial score (nSPS) is 15.8. The van der Waals surface area contributed by atoms with Crippen LogP contribution in [0.15, 0.2) is 17.1 Å². The second-order valence-corrected chi connectivity index (χ2v) is 5.59. The number of nitrogens with zero attached hydrogens (tertiary/aromatic N) is 3. The van der Waals surface area contributed by atoms with E-state index in [2.05, 4.69) is 10.00 Å². The standard InChI is InChI=1S/C13H19N3O3/c1-13(2,12(18)19)9-16-11(17)7-10(8-14-16)15-5-3-4-6-15/h7-8H,3-6,9H2,1-2H3,(H,18,19). The molecule has 0 aromatic carbocycles. The maximum Gasteiger partial charge on any atom is 0.310 e. The zero-order valence-corrected chi connectivity index (χ0v) is 11.3. The van der Waals surface area contributed by atoms with Crippen LogP contribution in [0.2, 0.25) is 0 Å². The molecule has 1 aromatic rings. The Balaban J connectivity index is 2.20. The van der Waals surface area contributed by atoms with Crippen LogP contribution in [0, 0.1) is 5.41 Å². The van der Waals surface area contributed by atoms with Crippen LogP contribution in [0.5, 0.6) is 0 Å². The van der Waals surface area contributed by atoms with Crippen molar-refractivity contribution in [3.8, 4) is 0 Å². The monoisotopic (exact) mass is 265 g/mol. The van der Waals surface area contributed by atoms with Crippen LogP contribution in [-0.2, 0) is 11.3 Å². The Morgan fingerprint density at radius 1 is 1.42 bits per heavy atom. The Kier molecular flexibility index (Phi) is 3.59. The molecule has 0 unspecified atom stereocenters. The highest BCUT2D eigenvalue weighted by molar-refractivity contribution is 5.73. The number of hydrogen-bond donors (Lipinski definition) is 1. The summed E-state index contributed by atoms with van der Waals surface area (Å²) in [7, 11) is 0. The number of aliphatic carboxylic acids is 1. The van der Waals surface area contributed by atoms with Crippen molar-refractivity contribution in [2.24, 2.45) is 5.41 Å². The summed E-state index contributed by atoms with van der Waals surface area (Å²) in [5, 5.41) is 13.2. The highest BCUT2D eigenvalue weighted by atomic mass is 16.4. The third-order valence-electron chi connectivity index (χ3n) is 3.45. The van der Waals surface area contributed by atoms with E-state index in [1.54, 1.807) is 20.0 Å². The molecule has 0 atom stereocenters. The summed E-state index contributed by atoms with van der Waals surface area (Å²) >= 11 is 0. The Morgan fingerprint density at radius 3 is 2.58 bits per heavy atom. The van der Waals surface area contributed by atoms with E-state index in [1.807, 2.05) is 0 Å². The van der Waals surface area contributed by atoms with Crippen LogP contribution in [0.1, 0.15) is 26.7 Å². The zero-order valence-electron chi connectivity index (χ0n) is 11.3. The third kappa shape index (κ3) is 2.94. The van der Waals surface area contributed by atoms with Crippen molar-refractivity contribution in [3.05, 3.63) is 22.6 Å². The van der Waals surface area contributed by atoms with Crippen LogP contribution in [0.4, 0.5) is 5.69 Å². The van der Waals surface area contributed by atoms with Gasteiger partial charge in [0, 0.05) is 19.2 Å². The average Bonchev–Trinajstić information content (AvgIpc) is 2.85. The molecule has 0 radical (unpaired) electrons. The van der Waals surface area contributed by atoms with Crippen molar-refractivity contribution in [2.75, 3.05) is 18.0 Å². The van der Waals surface area contributed by atoms with Gasteiger partial charge in [-0.15, -0.1) is 0 Å². The first-order valence-corrected chi connectivity index (χ1v) is 6.46. The molecular formula is C13H19N3O3. The number of hydrogen-bond acceptors (Lipinski definition) is 4. The van der Waals surface area contributed by atoms with Gasteiger partial charge in [0.25, 0.3) is 5.56 Å². The molecular weight excluding hydrogens is 246 g/mol. The lowest BCUT2D eigenvalue weighted by Crippen LogP contribution is -2.35. The topological polar surface area (TPSA) is 75.4 Å². The summed E-state index contributed by atoms with van der Waals surface area (Å²) in [6.45, 7) is 5.13. The number of carbonyl (C=O) groups is 1. The van der Waals surface area contributed by atoms with E-state index in [-0.39, 0.29) is 12.1 Å². The molecule has 0 spiro atoms. The minimum Gasteiger partial charge on any atom is -0.481 e. The molecule has 1 fully saturated rings. The molecule has 2 heterocycles. The van der Waals surface area contributed by atoms with Crippen LogP contribution >= 0.6 is 0 Å². The van der Waals surface area contributed by atoms with Gasteiger partial charge in [0.1, 0.15) is 0 Å². The highest BCUT2D eigenvalue weighted by Crippen LogP contribution is 2.19. The van der Waals surface area contributed by atoms with E-state index in [9.17, 15) is 9.59 Å². The van der Waals surface area contributed by atoms with Crippen molar-refractivity contribution >= 4 is 11.7 Å². The quantitative estimate of drug-likeness (QED) is 0.877. The molecule has 6 nitrogen and oxygen atoms in total. The van der Waals surface area contributed by atoms with Gasteiger partial charge in [-0.3, -0.25) is 9.59 Å². The average molecular weight is 265 g/mol. The van der Waals surface area contributed by atoms with Gasteiger partial charge in [-0.2, -0.15) is 5.10 Å². The largest absolute Gasteiger partial charge is 0.481 e. The van der Waals surface area contributed by atoms with Gasteiger partial charge in [-0.05, 0) is 26.7 Å². The predicted octanol–water partition coefficient (Wildman–Crippen LogP) is 0.954. The highest BCUT2D eigenvalue weighted by Gasteiger charge is 2.28. The molecule has 6 heteroatoms. The van der Waals surface area contributed by atoms with Gasteiger partial charge < -0.3 is 10.0 Å². The summed E-state index contributed by atoms with van der Waals surface area (Å²) in [6, 6.07) is 1.54. The summed E-state index contributed by atoms with van der Waals surface area (Å²) in [5.41, 5.74) is -0.433. The van der Waals surface area contributed by atoms with Gasteiger partial charge >= 0.3 is 5.97 Å². The first kappa shape index (κ1) is 13.6. The van der Waals surface area contributed by atoms with Gasteiger partial charge in [-0.1, -0.05) is 0 Å². The fourth-order valence-electron chi connectivity index (χ4n) is 2.13. The van der Waals surface area contributed by atoms with E-state index in [0.717, 1.165) is 31.6 Å². The number of rotatable bonds is 4. The molecule has 1 aromatic heterocycles. The zero-order chi connectivity index (χ0) is 14.0. The van der Waals surface area contributed by atoms with Gasteiger partial charge in [0.05, 0.1) is 23.8 Å². The smallest absolute Gasteiger partial charge is 0.310 e. The van der Waals surface area contributed by atoms with E-state index in [1.165, 1.54) is 10.7 Å². The lowest BCUT2D eigenvalue weighted by Gasteiger charge is -2.21. The molecule has 0 aliphatic carbocycles. The first-order chi connectivity index (χ1) is 8.90.